The third-order valence-electron chi connectivity index (χ3n) is 4.70. The van der Waals surface area contributed by atoms with Gasteiger partial charge in [-0.25, -0.2) is 23.5 Å². The molecule has 0 fully saturated rings. The number of hydrogen-bond donors (Lipinski definition) is 2. The van der Waals surface area contributed by atoms with E-state index in [1.54, 1.807) is 12.1 Å². The molecule has 13 heteroatoms. The van der Waals surface area contributed by atoms with Crippen LogP contribution in [0.4, 0.5) is 19.0 Å². The van der Waals surface area contributed by atoms with Crippen molar-refractivity contribution in [3.63, 3.8) is 0 Å². The fraction of sp³-hybridized carbons (Fsp3) is 0.300. The van der Waals surface area contributed by atoms with Gasteiger partial charge >= 0.3 is 6.18 Å². The van der Waals surface area contributed by atoms with Crippen molar-refractivity contribution in [3.05, 3.63) is 42.2 Å². The zero-order valence-corrected chi connectivity index (χ0v) is 18.6. The number of halogens is 3. The van der Waals surface area contributed by atoms with Crippen molar-refractivity contribution in [2.75, 3.05) is 19.5 Å². The SMILES string of the molecule is COc1cc(OC)c2c(NCc3cc(S(N)(=O)=O)ccc3OC(C)C(F)(F)F)ncnc2c1. The van der Waals surface area contributed by atoms with Crippen LogP contribution >= 0.6 is 0 Å². The topological polar surface area (TPSA) is 126 Å². The summed E-state index contributed by atoms with van der Waals surface area (Å²) in [6, 6.07) is 6.63. The van der Waals surface area contributed by atoms with Gasteiger partial charge in [0.1, 0.15) is 29.4 Å². The lowest BCUT2D eigenvalue weighted by Crippen LogP contribution is -2.31. The number of primary sulfonamides is 1. The number of alkyl halides is 3. The molecule has 3 aromatic rings. The van der Waals surface area contributed by atoms with Gasteiger partial charge in [0.2, 0.25) is 10.0 Å². The maximum absolute atomic E-state index is 13.0. The predicted octanol–water partition coefficient (Wildman–Crippen LogP) is 3.24. The van der Waals surface area contributed by atoms with Gasteiger partial charge in [0.05, 0.1) is 30.0 Å². The van der Waals surface area contributed by atoms with E-state index >= 15 is 0 Å². The van der Waals surface area contributed by atoms with Crippen molar-refractivity contribution in [2.45, 2.75) is 30.6 Å². The molecule has 0 saturated heterocycles. The Balaban J connectivity index is 2.01. The highest BCUT2D eigenvalue weighted by Gasteiger charge is 2.38. The monoisotopic (exact) mass is 486 g/mol. The van der Waals surface area contributed by atoms with Gasteiger partial charge in [-0.15, -0.1) is 0 Å². The highest BCUT2D eigenvalue weighted by atomic mass is 32.2. The van der Waals surface area contributed by atoms with E-state index < -0.39 is 22.3 Å². The lowest BCUT2D eigenvalue weighted by Gasteiger charge is -2.20. The fourth-order valence-electron chi connectivity index (χ4n) is 2.96. The number of sulfonamides is 1. The number of ether oxygens (including phenoxy) is 3. The zero-order chi connectivity index (χ0) is 24.4. The van der Waals surface area contributed by atoms with Gasteiger partial charge < -0.3 is 19.5 Å². The summed E-state index contributed by atoms with van der Waals surface area (Å²) in [5.41, 5.74) is 0.612. The molecule has 0 aliphatic rings. The molecular weight excluding hydrogens is 465 g/mol. The van der Waals surface area contributed by atoms with Crippen LogP contribution in [-0.2, 0) is 16.6 Å². The molecule has 0 radical (unpaired) electrons. The van der Waals surface area contributed by atoms with Gasteiger partial charge in [-0.05, 0) is 25.1 Å². The highest BCUT2D eigenvalue weighted by molar-refractivity contribution is 7.89. The van der Waals surface area contributed by atoms with Gasteiger partial charge in [0.15, 0.2) is 6.10 Å². The van der Waals surface area contributed by atoms with Gasteiger partial charge in [-0.3, -0.25) is 0 Å². The minimum Gasteiger partial charge on any atom is -0.497 e. The molecule has 178 valence electrons. The lowest BCUT2D eigenvalue weighted by molar-refractivity contribution is -0.189. The normalized spacial score (nSPS) is 12.9. The maximum atomic E-state index is 13.0. The molecule has 1 unspecified atom stereocenters. The number of methoxy groups -OCH3 is 2. The van der Waals surface area contributed by atoms with Crippen LogP contribution in [0.3, 0.4) is 0 Å². The van der Waals surface area contributed by atoms with E-state index in [1.807, 2.05) is 0 Å². The Hall–Kier alpha value is -3.32. The van der Waals surface area contributed by atoms with Crippen LogP contribution in [0.1, 0.15) is 12.5 Å². The average Bonchev–Trinajstić information content (AvgIpc) is 2.75. The van der Waals surface area contributed by atoms with Crippen LogP contribution in [-0.4, -0.2) is 44.9 Å². The molecule has 0 amide bonds. The largest absolute Gasteiger partial charge is 0.497 e. The summed E-state index contributed by atoms with van der Waals surface area (Å²) in [5.74, 6) is 1.04. The van der Waals surface area contributed by atoms with Gasteiger partial charge in [0.25, 0.3) is 0 Å². The van der Waals surface area contributed by atoms with Crippen LogP contribution in [0.5, 0.6) is 17.2 Å². The molecule has 1 atom stereocenters. The first kappa shape index (κ1) is 24.3. The molecule has 0 aliphatic carbocycles. The third kappa shape index (κ3) is 5.54. The Labute approximate surface area is 187 Å². The first-order valence-corrected chi connectivity index (χ1v) is 11.0. The third-order valence-corrected chi connectivity index (χ3v) is 5.61. The van der Waals surface area contributed by atoms with E-state index in [4.69, 9.17) is 19.3 Å². The standard InChI is InChI=1S/C20H21F3N4O5S/c1-11(20(21,22)23)32-16-5-4-14(33(24,28)29)6-12(16)9-25-19-18-15(26-10-27-19)7-13(30-2)8-17(18)31-3/h4-8,10-11H,9H2,1-3H3,(H2,24,28,29)(H,25,26,27). The lowest BCUT2D eigenvalue weighted by atomic mass is 10.1. The summed E-state index contributed by atoms with van der Waals surface area (Å²) < 4.78 is 78.2. The maximum Gasteiger partial charge on any atom is 0.425 e. The van der Waals surface area contributed by atoms with E-state index in [-0.39, 0.29) is 22.8 Å². The molecular formula is C20H21F3N4O5S. The highest BCUT2D eigenvalue weighted by Crippen LogP contribution is 2.35. The van der Waals surface area contributed by atoms with Crippen molar-refractivity contribution < 1.29 is 35.8 Å². The molecule has 1 heterocycles. The van der Waals surface area contributed by atoms with Gasteiger partial charge in [0, 0.05) is 24.2 Å². The number of anilines is 1. The summed E-state index contributed by atoms with van der Waals surface area (Å²) in [7, 11) is -1.16. The summed E-state index contributed by atoms with van der Waals surface area (Å²) in [5, 5.41) is 8.65. The van der Waals surface area contributed by atoms with Crippen LogP contribution in [0, 0.1) is 0 Å². The summed E-state index contributed by atoms with van der Waals surface area (Å²) in [6.45, 7) is 0.714. The number of hydrogen-bond acceptors (Lipinski definition) is 8. The molecule has 33 heavy (non-hydrogen) atoms. The molecule has 9 nitrogen and oxygen atoms in total. The molecule has 1 aromatic heterocycles. The van der Waals surface area contributed by atoms with Crippen LogP contribution in [0.2, 0.25) is 0 Å². The number of nitrogens with two attached hydrogens (primary N) is 1. The number of rotatable bonds is 8. The molecule has 3 N–H and O–H groups in total. The summed E-state index contributed by atoms with van der Waals surface area (Å²) in [4.78, 5) is 8.09. The zero-order valence-electron chi connectivity index (χ0n) is 17.8. The van der Waals surface area contributed by atoms with E-state index in [2.05, 4.69) is 15.3 Å². The second-order valence-corrected chi connectivity index (χ2v) is 8.48. The predicted molar refractivity (Wildman–Crippen MR) is 114 cm³/mol. The number of nitrogens with zero attached hydrogens (tertiary/aromatic N) is 2. The molecule has 0 spiro atoms. The molecule has 3 rings (SSSR count). The molecule has 0 bridgehead atoms. The Morgan fingerprint density at radius 1 is 1.09 bits per heavy atom. The first-order valence-electron chi connectivity index (χ1n) is 9.43. The Morgan fingerprint density at radius 3 is 2.42 bits per heavy atom. The number of aromatic nitrogens is 2. The molecule has 0 aliphatic heterocycles. The van der Waals surface area contributed by atoms with Crippen molar-refractivity contribution in [3.8, 4) is 17.2 Å². The average molecular weight is 486 g/mol. The molecule has 0 saturated carbocycles. The van der Waals surface area contributed by atoms with Crippen molar-refractivity contribution in [1.82, 2.24) is 9.97 Å². The fourth-order valence-corrected chi connectivity index (χ4v) is 3.53. The van der Waals surface area contributed by atoms with Crippen LogP contribution in [0.15, 0.2) is 41.6 Å². The van der Waals surface area contributed by atoms with Gasteiger partial charge in [-0.2, -0.15) is 13.2 Å². The summed E-state index contributed by atoms with van der Waals surface area (Å²) >= 11 is 0. The number of fused-ring (bicyclic) bond motifs is 1. The van der Waals surface area contributed by atoms with E-state index in [1.165, 1.54) is 20.5 Å². The smallest absolute Gasteiger partial charge is 0.425 e. The van der Waals surface area contributed by atoms with E-state index in [9.17, 15) is 21.6 Å². The number of benzene rings is 2. The molecule has 2 aromatic carbocycles. The second kappa shape index (κ2) is 9.27. The first-order chi connectivity index (χ1) is 15.4. The van der Waals surface area contributed by atoms with Crippen molar-refractivity contribution in [1.29, 1.82) is 0 Å². The van der Waals surface area contributed by atoms with E-state index in [0.29, 0.717) is 28.2 Å². The van der Waals surface area contributed by atoms with Crippen molar-refractivity contribution >= 4 is 26.7 Å². The van der Waals surface area contributed by atoms with E-state index in [0.717, 1.165) is 25.1 Å². The van der Waals surface area contributed by atoms with Crippen LogP contribution < -0.4 is 24.7 Å². The minimum absolute atomic E-state index is 0.122. The Morgan fingerprint density at radius 2 is 1.82 bits per heavy atom. The number of nitrogens with one attached hydrogen (secondary N) is 1. The summed E-state index contributed by atoms with van der Waals surface area (Å²) in [6.07, 6.45) is -5.45. The minimum atomic E-state index is -4.61. The van der Waals surface area contributed by atoms with Crippen molar-refractivity contribution in [2.24, 2.45) is 5.14 Å². The quantitative estimate of drug-likeness (QED) is 0.497. The second-order valence-electron chi connectivity index (χ2n) is 6.92. The van der Waals surface area contributed by atoms with Crippen LogP contribution in [0.25, 0.3) is 10.9 Å². The van der Waals surface area contributed by atoms with Gasteiger partial charge in [-0.1, -0.05) is 0 Å². The Kier molecular flexibility index (Phi) is 6.84. The Bertz CT molecular complexity index is 1270.